The number of rotatable bonds is 0. The summed E-state index contributed by atoms with van der Waals surface area (Å²) in [6.45, 7) is 4.45. The fraction of sp³-hybridized carbons (Fsp3) is 0.789. The summed E-state index contributed by atoms with van der Waals surface area (Å²) in [6, 6.07) is -0.192. The van der Waals surface area contributed by atoms with E-state index in [0.29, 0.717) is 18.8 Å². The zero-order chi connectivity index (χ0) is 16.6. The van der Waals surface area contributed by atoms with Crippen molar-refractivity contribution in [3.63, 3.8) is 0 Å². The monoisotopic (exact) mass is 319 g/mol. The van der Waals surface area contributed by atoms with Crippen LogP contribution in [-0.2, 0) is 0 Å². The molecule has 9 atom stereocenters. The predicted molar refractivity (Wildman–Crippen MR) is 88.4 cm³/mol. The molecule has 0 bridgehead atoms. The molecule has 0 aromatic rings. The third kappa shape index (κ3) is 1.98. The molecular weight excluding hydrogens is 290 g/mol. The standard InChI is InChI=1S/C19H29NO3/c1-18-5-3-11(21)7-10(18)8-14(22)16-12(18)4-6-19(2)13(16)9-15(23)17(19)20/h3,5,8,11-17,21-23H,4,6-7,9,20H2,1-2H3/t11-,12+,13+,14+,15+,16-,17-,18+,19+/m1/s1. The van der Waals surface area contributed by atoms with E-state index >= 15 is 0 Å². The molecule has 128 valence electrons. The van der Waals surface area contributed by atoms with Crippen LogP contribution in [0.4, 0.5) is 0 Å². The maximum atomic E-state index is 10.9. The van der Waals surface area contributed by atoms with Crippen molar-refractivity contribution in [2.45, 2.75) is 63.9 Å². The van der Waals surface area contributed by atoms with Gasteiger partial charge in [0.2, 0.25) is 0 Å². The Morgan fingerprint density at radius 2 is 1.91 bits per heavy atom. The van der Waals surface area contributed by atoms with E-state index in [1.165, 1.54) is 5.57 Å². The van der Waals surface area contributed by atoms with E-state index in [0.717, 1.165) is 12.8 Å². The molecule has 2 saturated carbocycles. The summed E-state index contributed by atoms with van der Waals surface area (Å²) in [5, 5.41) is 31.2. The highest BCUT2D eigenvalue weighted by molar-refractivity contribution is 5.34. The van der Waals surface area contributed by atoms with Crippen LogP contribution in [0, 0.1) is 28.6 Å². The Hall–Kier alpha value is -0.680. The van der Waals surface area contributed by atoms with Crippen molar-refractivity contribution in [3.8, 4) is 0 Å². The summed E-state index contributed by atoms with van der Waals surface area (Å²) >= 11 is 0. The van der Waals surface area contributed by atoms with Crippen LogP contribution >= 0.6 is 0 Å². The van der Waals surface area contributed by atoms with Gasteiger partial charge in [0.1, 0.15) is 0 Å². The van der Waals surface area contributed by atoms with Gasteiger partial charge in [-0.25, -0.2) is 0 Å². The van der Waals surface area contributed by atoms with Gasteiger partial charge in [-0.05, 0) is 48.9 Å². The molecule has 0 aliphatic heterocycles. The Kier molecular flexibility index (Phi) is 3.38. The summed E-state index contributed by atoms with van der Waals surface area (Å²) in [5.74, 6) is 0.763. The summed E-state index contributed by atoms with van der Waals surface area (Å²) in [5.41, 5.74) is 7.33. The normalized spacial score (nSPS) is 58.2. The van der Waals surface area contributed by atoms with E-state index in [4.69, 9.17) is 5.73 Å². The predicted octanol–water partition coefficient (Wildman–Crippen LogP) is 1.35. The van der Waals surface area contributed by atoms with Crippen LogP contribution in [0.5, 0.6) is 0 Å². The largest absolute Gasteiger partial charge is 0.391 e. The van der Waals surface area contributed by atoms with Crippen LogP contribution in [-0.4, -0.2) is 39.7 Å². The lowest BCUT2D eigenvalue weighted by molar-refractivity contribution is -0.0653. The Balaban J connectivity index is 1.76. The number of hydrogen-bond acceptors (Lipinski definition) is 4. The minimum Gasteiger partial charge on any atom is -0.391 e. The maximum Gasteiger partial charge on any atom is 0.0758 e. The molecule has 0 radical (unpaired) electrons. The number of aliphatic hydroxyl groups excluding tert-OH is 3. The first-order valence-corrected chi connectivity index (χ1v) is 8.97. The maximum absolute atomic E-state index is 10.9. The van der Waals surface area contributed by atoms with E-state index in [1.54, 1.807) is 0 Å². The SMILES string of the molecule is C[C@]12CC[C@H]3[C@@H]([C@@H](O)C=C4C[C@H](O)C=C[C@@]43C)[C@@H]1C[C@H](O)[C@H]2N. The molecule has 0 aromatic carbocycles. The van der Waals surface area contributed by atoms with Gasteiger partial charge in [-0.3, -0.25) is 0 Å². The van der Waals surface area contributed by atoms with Crippen molar-refractivity contribution in [1.29, 1.82) is 0 Å². The van der Waals surface area contributed by atoms with E-state index in [2.05, 4.69) is 19.9 Å². The number of aliphatic hydroxyl groups is 3. The first-order valence-electron chi connectivity index (χ1n) is 8.97. The zero-order valence-corrected chi connectivity index (χ0v) is 14.0. The molecule has 0 heterocycles. The Morgan fingerprint density at radius 3 is 2.65 bits per heavy atom. The molecule has 0 amide bonds. The van der Waals surface area contributed by atoms with Crippen LogP contribution in [0.15, 0.2) is 23.8 Å². The lowest BCUT2D eigenvalue weighted by Crippen LogP contribution is -2.55. The first kappa shape index (κ1) is 15.8. The van der Waals surface area contributed by atoms with Gasteiger partial charge in [-0.15, -0.1) is 0 Å². The first-order chi connectivity index (χ1) is 10.8. The quantitative estimate of drug-likeness (QED) is 0.508. The summed E-state index contributed by atoms with van der Waals surface area (Å²) in [4.78, 5) is 0. The third-order valence-electron chi connectivity index (χ3n) is 7.76. The lowest BCUT2D eigenvalue weighted by Gasteiger charge is -2.57. The molecule has 0 aromatic heterocycles. The summed E-state index contributed by atoms with van der Waals surface area (Å²) in [7, 11) is 0. The summed E-state index contributed by atoms with van der Waals surface area (Å²) < 4.78 is 0. The van der Waals surface area contributed by atoms with Crippen LogP contribution < -0.4 is 5.73 Å². The molecule has 4 nitrogen and oxygen atoms in total. The van der Waals surface area contributed by atoms with E-state index < -0.39 is 18.3 Å². The van der Waals surface area contributed by atoms with Gasteiger partial charge in [0.05, 0.1) is 18.3 Å². The number of allylic oxidation sites excluding steroid dienone is 1. The highest BCUT2D eigenvalue weighted by atomic mass is 16.3. The topological polar surface area (TPSA) is 86.7 Å². The van der Waals surface area contributed by atoms with Crippen molar-refractivity contribution in [2.75, 3.05) is 0 Å². The van der Waals surface area contributed by atoms with Crippen molar-refractivity contribution in [2.24, 2.45) is 34.3 Å². The molecule has 0 saturated heterocycles. The van der Waals surface area contributed by atoms with Crippen LogP contribution in [0.1, 0.15) is 39.5 Å². The number of nitrogens with two attached hydrogens (primary N) is 1. The van der Waals surface area contributed by atoms with Crippen molar-refractivity contribution in [1.82, 2.24) is 0 Å². The molecule has 4 heteroatoms. The Labute approximate surface area is 138 Å². The van der Waals surface area contributed by atoms with E-state index in [-0.39, 0.29) is 28.7 Å². The van der Waals surface area contributed by atoms with Crippen molar-refractivity contribution in [3.05, 3.63) is 23.8 Å². The lowest BCUT2D eigenvalue weighted by atomic mass is 9.48. The molecule has 4 aliphatic carbocycles. The Bertz CT molecular complexity index is 573. The average Bonchev–Trinajstić information content (AvgIpc) is 2.73. The molecule has 4 rings (SSSR count). The second kappa shape index (κ2) is 4.92. The number of fused-ring (bicyclic) bond motifs is 5. The average molecular weight is 319 g/mol. The number of hydrogen-bond donors (Lipinski definition) is 4. The zero-order valence-electron chi connectivity index (χ0n) is 14.0. The molecule has 23 heavy (non-hydrogen) atoms. The van der Waals surface area contributed by atoms with Crippen LogP contribution in [0.25, 0.3) is 0 Å². The molecule has 5 N–H and O–H groups in total. The minimum absolute atomic E-state index is 0.0813. The van der Waals surface area contributed by atoms with Gasteiger partial charge in [0.25, 0.3) is 0 Å². The highest BCUT2D eigenvalue weighted by Gasteiger charge is 2.61. The van der Waals surface area contributed by atoms with Gasteiger partial charge in [-0.1, -0.05) is 37.6 Å². The third-order valence-corrected chi connectivity index (χ3v) is 7.76. The van der Waals surface area contributed by atoms with Gasteiger partial charge in [0.15, 0.2) is 0 Å². The molecule has 0 spiro atoms. The second-order valence-electron chi connectivity index (χ2n) is 8.76. The molecule has 4 aliphatic rings. The van der Waals surface area contributed by atoms with E-state index in [9.17, 15) is 15.3 Å². The van der Waals surface area contributed by atoms with E-state index in [1.807, 2.05) is 12.2 Å². The fourth-order valence-corrected chi connectivity index (χ4v) is 6.28. The fourth-order valence-electron chi connectivity index (χ4n) is 6.28. The van der Waals surface area contributed by atoms with Crippen LogP contribution in [0.2, 0.25) is 0 Å². The van der Waals surface area contributed by atoms with Gasteiger partial charge in [0, 0.05) is 11.5 Å². The summed E-state index contributed by atoms with van der Waals surface area (Å²) in [6.07, 6.45) is 8.00. The smallest absolute Gasteiger partial charge is 0.0758 e. The molecular formula is C19H29NO3. The van der Waals surface area contributed by atoms with Crippen molar-refractivity contribution < 1.29 is 15.3 Å². The van der Waals surface area contributed by atoms with Gasteiger partial charge in [-0.2, -0.15) is 0 Å². The Morgan fingerprint density at radius 1 is 1.17 bits per heavy atom. The second-order valence-corrected chi connectivity index (χ2v) is 8.76. The highest BCUT2D eigenvalue weighted by Crippen LogP contribution is 2.63. The molecule has 2 fully saturated rings. The van der Waals surface area contributed by atoms with Gasteiger partial charge >= 0.3 is 0 Å². The van der Waals surface area contributed by atoms with Crippen LogP contribution in [0.3, 0.4) is 0 Å². The molecule has 0 unspecified atom stereocenters. The minimum atomic E-state index is -0.496. The van der Waals surface area contributed by atoms with Crippen molar-refractivity contribution >= 4 is 0 Å². The van der Waals surface area contributed by atoms with Gasteiger partial charge < -0.3 is 21.1 Å².